The number of fused-ring (bicyclic) bond motifs is 1. The van der Waals surface area contributed by atoms with Gasteiger partial charge in [0.2, 0.25) is 0 Å². The minimum Gasteiger partial charge on any atom is -0.396 e. The Hall–Kier alpha value is -2.43. The Labute approximate surface area is 153 Å². The summed E-state index contributed by atoms with van der Waals surface area (Å²) in [5, 5.41) is 11.7. The smallest absolute Gasteiger partial charge is 0.126 e. The van der Waals surface area contributed by atoms with E-state index in [1.165, 1.54) is 6.07 Å². The van der Waals surface area contributed by atoms with Crippen LogP contribution in [0.2, 0.25) is 0 Å². The molecule has 0 radical (unpaired) electrons. The predicted molar refractivity (Wildman–Crippen MR) is 107 cm³/mol. The molecule has 136 valence electrons. The van der Waals surface area contributed by atoms with Gasteiger partial charge >= 0.3 is 0 Å². The van der Waals surface area contributed by atoms with E-state index in [-0.39, 0.29) is 18.3 Å². The largest absolute Gasteiger partial charge is 0.396 e. The molecular weight excluding hydrogens is 327 g/mol. The van der Waals surface area contributed by atoms with Crippen molar-refractivity contribution in [2.75, 3.05) is 32.1 Å². The lowest BCUT2D eigenvalue weighted by molar-refractivity contribution is 0.229. The van der Waals surface area contributed by atoms with Crippen molar-refractivity contribution in [2.45, 2.75) is 6.42 Å². The van der Waals surface area contributed by atoms with Gasteiger partial charge in [-0.1, -0.05) is 36.4 Å². The van der Waals surface area contributed by atoms with E-state index in [4.69, 9.17) is 5.73 Å². The molecule has 0 aromatic heterocycles. The van der Waals surface area contributed by atoms with E-state index in [9.17, 15) is 9.50 Å². The molecular formula is C22H25FN2O. The summed E-state index contributed by atoms with van der Waals surface area (Å²) >= 11 is 0. The van der Waals surface area contributed by atoms with Gasteiger partial charge in [-0.05, 0) is 59.2 Å². The lowest BCUT2D eigenvalue weighted by Crippen LogP contribution is -2.20. The molecule has 3 N–H and O–H groups in total. The number of hydrogen-bond donors (Lipinski definition) is 2. The number of halogens is 1. The maximum Gasteiger partial charge on any atom is 0.126 e. The minimum atomic E-state index is -0.255. The first-order valence-electron chi connectivity index (χ1n) is 8.84. The number of hydrogen-bond acceptors (Lipinski definition) is 3. The van der Waals surface area contributed by atoms with Gasteiger partial charge in [-0.2, -0.15) is 0 Å². The molecule has 3 rings (SSSR count). The van der Waals surface area contributed by atoms with Crippen molar-refractivity contribution in [1.82, 2.24) is 0 Å². The SMILES string of the molecule is CN(C)c1cccc2c(-c3ccc(F)c(CC(CN)CO)c3)cccc12. The molecule has 3 aromatic carbocycles. The molecule has 0 fully saturated rings. The molecule has 26 heavy (non-hydrogen) atoms. The van der Waals surface area contributed by atoms with Gasteiger partial charge in [0, 0.05) is 31.8 Å². The Morgan fingerprint density at radius 1 is 1.04 bits per heavy atom. The fourth-order valence-corrected chi connectivity index (χ4v) is 3.37. The first-order chi connectivity index (χ1) is 12.5. The van der Waals surface area contributed by atoms with Gasteiger partial charge in [-0.25, -0.2) is 4.39 Å². The second-order valence-corrected chi connectivity index (χ2v) is 6.87. The van der Waals surface area contributed by atoms with Crippen LogP contribution in [0.5, 0.6) is 0 Å². The van der Waals surface area contributed by atoms with Crippen molar-refractivity contribution in [3.63, 3.8) is 0 Å². The summed E-state index contributed by atoms with van der Waals surface area (Å²) in [7, 11) is 4.05. The van der Waals surface area contributed by atoms with Crippen molar-refractivity contribution in [1.29, 1.82) is 0 Å². The van der Waals surface area contributed by atoms with Crippen LogP contribution in [0.1, 0.15) is 5.56 Å². The summed E-state index contributed by atoms with van der Waals surface area (Å²) in [6.07, 6.45) is 0.431. The quantitative estimate of drug-likeness (QED) is 0.709. The standard InChI is InChI=1S/C22H25FN2O/c1-25(2)22-8-4-6-19-18(5-3-7-20(19)22)16-9-10-21(23)17(12-16)11-15(13-24)14-26/h3-10,12,15,26H,11,13-14,24H2,1-2H3. The normalized spacial score (nSPS) is 12.3. The zero-order chi connectivity index (χ0) is 18.7. The van der Waals surface area contributed by atoms with E-state index in [0.29, 0.717) is 18.5 Å². The van der Waals surface area contributed by atoms with Gasteiger partial charge in [-0.3, -0.25) is 0 Å². The summed E-state index contributed by atoms with van der Waals surface area (Å²) in [4.78, 5) is 2.09. The third-order valence-electron chi connectivity index (χ3n) is 4.84. The molecule has 4 heteroatoms. The highest BCUT2D eigenvalue weighted by molar-refractivity contribution is 6.03. The van der Waals surface area contributed by atoms with Crippen molar-refractivity contribution in [2.24, 2.45) is 11.7 Å². The summed E-state index contributed by atoms with van der Waals surface area (Å²) in [6.45, 7) is 0.293. The highest BCUT2D eigenvalue weighted by Crippen LogP contribution is 2.34. The number of aliphatic hydroxyl groups is 1. The molecule has 0 heterocycles. The monoisotopic (exact) mass is 352 g/mol. The van der Waals surface area contributed by atoms with Crippen molar-refractivity contribution < 1.29 is 9.50 Å². The first-order valence-corrected chi connectivity index (χ1v) is 8.84. The molecule has 0 saturated carbocycles. The molecule has 0 aliphatic carbocycles. The Balaban J connectivity index is 2.11. The molecule has 1 atom stereocenters. The number of nitrogens with zero attached hydrogens (tertiary/aromatic N) is 1. The predicted octanol–water partition coefficient (Wildman–Crippen LogP) is 3.82. The van der Waals surface area contributed by atoms with Crippen molar-refractivity contribution >= 4 is 16.5 Å². The first kappa shape index (κ1) is 18.4. The van der Waals surface area contributed by atoms with Crippen LogP contribution < -0.4 is 10.6 Å². The van der Waals surface area contributed by atoms with Crippen LogP contribution in [-0.4, -0.2) is 32.4 Å². The Morgan fingerprint density at radius 3 is 2.46 bits per heavy atom. The number of nitrogens with two attached hydrogens (primary N) is 1. The van der Waals surface area contributed by atoms with Gasteiger partial charge < -0.3 is 15.7 Å². The van der Waals surface area contributed by atoms with E-state index in [2.05, 4.69) is 29.2 Å². The van der Waals surface area contributed by atoms with Crippen molar-refractivity contribution in [3.05, 3.63) is 66.0 Å². The fraction of sp³-hybridized carbons (Fsp3) is 0.273. The lowest BCUT2D eigenvalue weighted by atomic mass is 9.93. The average molecular weight is 352 g/mol. The van der Waals surface area contributed by atoms with Gasteiger partial charge in [0.1, 0.15) is 5.82 Å². The van der Waals surface area contributed by atoms with E-state index in [1.54, 1.807) is 0 Å². The molecule has 0 aliphatic heterocycles. The van der Waals surface area contributed by atoms with Crippen LogP contribution in [0.3, 0.4) is 0 Å². The molecule has 1 unspecified atom stereocenters. The van der Waals surface area contributed by atoms with Crippen LogP contribution in [0.25, 0.3) is 21.9 Å². The zero-order valence-electron chi connectivity index (χ0n) is 15.2. The molecule has 0 amide bonds. The number of rotatable bonds is 6. The van der Waals surface area contributed by atoms with E-state index in [1.807, 2.05) is 38.4 Å². The van der Waals surface area contributed by atoms with E-state index >= 15 is 0 Å². The highest BCUT2D eigenvalue weighted by Gasteiger charge is 2.13. The van der Waals surface area contributed by atoms with E-state index < -0.39 is 0 Å². The fourth-order valence-electron chi connectivity index (χ4n) is 3.37. The minimum absolute atomic E-state index is 0.0410. The zero-order valence-corrected chi connectivity index (χ0v) is 15.2. The molecule has 0 aliphatic rings. The van der Waals surface area contributed by atoms with Crippen LogP contribution in [0, 0.1) is 11.7 Å². The Kier molecular flexibility index (Phi) is 5.55. The van der Waals surface area contributed by atoms with Gasteiger partial charge in [0.05, 0.1) is 0 Å². The summed E-state index contributed by atoms with van der Waals surface area (Å²) in [6, 6.07) is 17.6. The van der Waals surface area contributed by atoms with E-state index in [0.717, 1.165) is 27.6 Å². The Bertz CT molecular complexity index is 904. The summed E-state index contributed by atoms with van der Waals surface area (Å²) in [5.41, 5.74) is 9.44. The van der Waals surface area contributed by atoms with Crippen LogP contribution in [0.15, 0.2) is 54.6 Å². The summed E-state index contributed by atoms with van der Waals surface area (Å²) in [5.74, 6) is -0.387. The maximum absolute atomic E-state index is 14.3. The molecule has 0 bridgehead atoms. The van der Waals surface area contributed by atoms with Gasteiger partial charge in [0.25, 0.3) is 0 Å². The molecule has 3 nitrogen and oxygen atoms in total. The number of anilines is 1. The summed E-state index contributed by atoms with van der Waals surface area (Å²) < 4.78 is 14.3. The third-order valence-corrected chi connectivity index (χ3v) is 4.84. The number of benzene rings is 3. The Morgan fingerprint density at radius 2 is 1.77 bits per heavy atom. The number of aliphatic hydroxyl groups excluding tert-OH is 1. The van der Waals surface area contributed by atoms with Crippen LogP contribution in [-0.2, 0) is 6.42 Å². The molecule has 0 saturated heterocycles. The molecule has 3 aromatic rings. The van der Waals surface area contributed by atoms with Gasteiger partial charge in [0.15, 0.2) is 0 Å². The van der Waals surface area contributed by atoms with Crippen LogP contribution >= 0.6 is 0 Å². The topological polar surface area (TPSA) is 49.5 Å². The third kappa shape index (κ3) is 3.57. The highest BCUT2D eigenvalue weighted by atomic mass is 19.1. The van der Waals surface area contributed by atoms with Crippen molar-refractivity contribution in [3.8, 4) is 11.1 Å². The lowest BCUT2D eigenvalue weighted by Gasteiger charge is -2.17. The second-order valence-electron chi connectivity index (χ2n) is 6.87. The maximum atomic E-state index is 14.3. The van der Waals surface area contributed by atoms with Crippen LogP contribution in [0.4, 0.5) is 10.1 Å². The average Bonchev–Trinajstić information content (AvgIpc) is 2.66. The second kappa shape index (κ2) is 7.85. The van der Waals surface area contributed by atoms with Gasteiger partial charge in [-0.15, -0.1) is 0 Å². The molecule has 0 spiro atoms.